The molecule has 0 unspecified atom stereocenters. The van der Waals surface area contributed by atoms with Gasteiger partial charge in [0.2, 0.25) is 5.91 Å². The quantitative estimate of drug-likeness (QED) is 0.0495. The zero-order valence-corrected chi connectivity index (χ0v) is 54.7. The number of aromatic amines is 3. The summed E-state index contributed by atoms with van der Waals surface area (Å²) in [4.78, 5) is 95.4. The van der Waals surface area contributed by atoms with Crippen molar-refractivity contribution < 1.29 is 38.3 Å². The van der Waals surface area contributed by atoms with Gasteiger partial charge in [-0.15, -0.1) is 0 Å². The van der Waals surface area contributed by atoms with Crippen molar-refractivity contribution in [1.82, 2.24) is 33.2 Å². The van der Waals surface area contributed by atoms with Crippen molar-refractivity contribution in [3.8, 4) is 0 Å². The number of primary amides is 1. The molecule has 5 N–H and O–H groups in total. The summed E-state index contributed by atoms with van der Waals surface area (Å²) in [7, 11) is 1.23. The Kier molecular flexibility index (Phi) is 16.0. The van der Waals surface area contributed by atoms with E-state index in [1.807, 2.05) is 104 Å². The van der Waals surface area contributed by atoms with Crippen molar-refractivity contribution in [3.63, 3.8) is 0 Å². The van der Waals surface area contributed by atoms with Gasteiger partial charge in [-0.1, -0.05) is 127 Å². The summed E-state index contributed by atoms with van der Waals surface area (Å²) in [6, 6.07) is 51.0. The fourth-order valence-electron chi connectivity index (χ4n) is 16.1. The third kappa shape index (κ3) is 11.0. The standard InChI is InChI=1S/2C24H18N2O2.C14H13NO3.C11H11N.C10H10N2O/c2*27-20-11-21(28)23(22(20)17-12-25-19-9-2-1-7-15(17)19)18-13-26-10-4-6-14-5-3-8-16(18)24(14)26;1-18-14(17)13(16)11-8-15-7-3-5-9-4-2-6-10(11)12(9)15;1-3-9-5-2-7-12-8-6-10(4-1)11(9)12;11-10(13)5-7-6-12-9-4-2-1-3-8(7)9/h2*1-3,5,7-9,12-13,25H,4,6,10-11H2;2,4,6,8H,3,5,7H2,1H3;1,3-4,6,8H,2,5,7H2;1-4,6,12H,5H2,(H2,11,13). The number of hydrogen-bond donors (Lipinski definition) is 4. The number of nitrogens with one attached hydrogen (secondary N) is 3. The molecule has 0 fully saturated rings. The van der Waals surface area contributed by atoms with Crippen LogP contribution in [-0.2, 0) is 91.8 Å². The molecule has 16 heteroatoms. The highest BCUT2D eigenvalue weighted by atomic mass is 16.5. The second kappa shape index (κ2) is 25.6. The molecule has 4 aliphatic heterocycles. The lowest BCUT2D eigenvalue weighted by atomic mass is 9.94. The number of nitrogens with zero attached hydrogens (tertiary/aromatic N) is 4. The molecule has 0 saturated heterocycles. The first-order valence-corrected chi connectivity index (χ1v) is 34.0. The largest absolute Gasteiger partial charge is 0.463 e. The predicted octanol–water partition coefficient (Wildman–Crippen LogP) is 14.8. The highest BCUT2D eigenvalue weighted by Crippen LogP contribution is 2.45. The Morgan fingerprint density at radius 3 is 1.30 bits per heavy atom. The maximum absolute atomic E-state index is 13.0. The summed E-state index contributed by atoms with van der Waals surface area (Å²) in [6.45, 7) is 3.99. The molecule has 0 bridgehead atoms. The van der Waals surface area contributed by atoms with Crippen molar-refractivity contribution >= 4 is 139 Å². The van der Waals surface area contributed by atoms with Gasteiger partial charge in [0.15, 0.2) is 23.1 Å². The Morgan fingerprint density at radius 2 is 0.808 bits per heavy atom. The van der Waals surface area contributed by atoms with E-state index in [1.165, 1.54) is 70.7 Å². The van der Waals surface area contributed by atoms with Crippen molar-refractivity contribution in [3.05, 3.63) is 251 Å². The Labute approximate surface area is 568 Å². The lowest BCUT2D eigenvalue weighted by Crippen LogP contribution is -2.15. The van der Waals surface area contributed by atoms with E-state index < -0.39 is 11.8 Å². The minimum Gasteiger partial charge on any atom is -0.463 e. The minimum absolute atomic E-state index is 0.0451. The van der Waals surface area contributed by atoms with Gasteiger partial charge in [0.05, 0.1) is 54.0 Å². The molecule has 0 radical (unpaired) electrons. The van der Waals surface area contributed by atoms with Crippen LogP contribution in [0.2, 0.25) is 0 Å². The lowest BCUT2D eigenvalue weighted by Gasteiger charge is -2.14. The van der Waals surface area contributed by atoms with Crippen LogP contribution in [0.25, 0.3) is 98.6 Å². The maximum atomic E-state index is 13.0. The summed E-state index contributed by atoms with van der Waals surface area (Å²) in [5, 5.41) is 7.43. The highest BCUT2D eigenvalue weighted by molar-refractivity contribution is 6.53. The summed E-state index contributed by atoms with van der Waals surface area (Å²) in [5.74, 6) is -2.00. The molecule has 16 nitrogen and oxygen atoms in total. The molecule has 1 amide bonds. The maximum Gasteiger partial charge on any atom is 0.379 e. The van der Waals surface area contributed by atoms with Gasteiger partial charge in [-0.2, -0.15) is 0 Å². The van der Waals surface area contributed by atoms with Crippen LogP contribution in [0.1, 0.15) is 99.0 Å². The summed E-state index contributed by atoms with van der Waals surface area (Å²) < 4.78 is 13.4. The smallest absolute Gasteiger partial charge is 0.379 e. The molecule has 11 heterocycles. The molecule has 490 valence electrons. The number of carbonyl (C=O) groups excluding carboxylic acids is 7. The molecule has 6 aliphatic rings. The fourth-order valence-corrected chi connectivity index (χ4v) is 16.1. The molecule has 0 atom stereocenters. The predicted molar refractivity (Wildman–Crippen MR) is 388 cm³/mol. The normalized spacial score (nSPS) is 15.2. The van der Waals surface area contributed by atoms with Crippen LogP contribution >= 0.6 is 0 Å². The summed E-state index contributed by atoms with van der Waals surface area (Å²) in [6.07, 6.45) is 22.8. The number of amides is 1. The van der Waals surface area contributed by atoms with Crippen LogP contribution in [0.15, 0.2) is 195 Å². The van der Waals surface area contributed by atoms with Crippen LogP contribution in [0.4, 0.5) is 0 Å². The third-order valence-corrected chi connectivity index (χ3v) is 20.4. The van der Waals surface area contributed by atoms with Crippen molar-refractivity contribution in [1.29, 1.82) is 0 Å². The molecule has 20 rings (SSSR count). The lowest BCUT2D eigenvalue weighted by molar-refractivity contribution is -0.135. The van der Waals surface area contributed by atoms with E-state index in [9.17, 15) is 33.6 Å². The van der Waals surface area contributed by atoms with Gasteiger partial charge in [0.1, 0.15) is 0 Å². The van der Waals surface area contributed by atoms with Crippen LogP contribution in [0, 0.1) is 0 Å². The number of carbonyl (C=O) groups is 7. The van der Waals surface area contributed by atoms with Gasteiger partial charge >= 0.3 is 5.97 Å². The monoisotopic (exact) mass is 1310 g/mol. The Hall–Kier alpha value is -11.9. The van der Waals surface area contributed by atoms with Gasteiger partial charge in [-0.25, -0.2) is 4.79 Å². The highest BCUT2D eigenvalue weighted by Gasteiger charge is 2.37. The van der Waals surface area contributed by atoms with E-state index in [-0.39, 0.29) is 41.9 Å². The Bertz CT molecular complexity index is 5570. The number of methoxy groups -OCH3 is 1. The third-order valence-electron chi connectivity index (χ3n) is 20.4. The number of esters is 1. The number of ketones is 5. The minimum atomic E-state index is -0.807. The SMILES string of the molecule is COC(=O)C(=O)c1cn2c3c(cccc13)CCC2.NC(=O)Cc1c[nH]c2ccccc12.O=C1CC(=O)C(c2cn3c4c(cccc24)CCC3)=C1c1c[nH]c2ccccc12.O=C1CC(=O)C(c2cn3c4c(cccc24)CCC3)=C1c1c[nH]c2ccccc12.c1cc2c3c(c1)ccn3CCC2. The first-order chi connectivity index (χ1) is 48.4. The van der Waals surface area contributed by atoms with E-state index in [4.69, 9.17) is 5.73 Å². The molecule has 7 aromatic carbocycles. The van der Waals surface area contributed by atoms with Gasteiger partial charge in [-0.3, -0.25) is 28.8 Å². The average molecular weight is 1310 g/mol. The summed E-state index contributed by atoms with van der Waals surface area (Å²) >= 11 is 0. The van der Waals surface area contributed by atoms with Crippen molar-refractivity contribution in [2.24, 2.45) is 5.73 Å². The first kappa shape index (κ1) is 61.9. The van der Waals surface area contributed by atoms with E-state index in [0.717, 1.165) is 140 Å². The van der Waals surface area contributed by atoms with Crippen molar-refractivity contribution in [2.75, 3.05) is 7.11 Å². The Balaban J connectivity index is 0.000000101. The van der Waals surface area contributed by atoms with Crippen LogP contribution in [0.5, 0.6) is 0 Å². The van der Waals surface area contributed by atoms with Crippen molar-refractivity contribution in [2.45, 2.75) is 96.8 Å². The number of Topliss-reactive ketones (excluding diaryl/α,β-unsaturated/α-hetero) is 5. The second-order valence-corrected chi connectivity index (χ2v) is 26.3. The molecule has 99 heavy (non-hydrogen) atoms. The molecule has 14 aromatic rings. The van der Waals surface area contributed by atoms with Crippen LogP contribution in [-0.4, -0.2) is 81.1 Å². The van der Waals surface area contributed by atoms with E-state index >= 15 is 0 Å². The molecule has 7 aromatic heterocycles. The van der Waals surface area contributed by atoms with Gasteiger partial charge < -0.3 is 43.7 Å². The molecule has 2 aliphatic carbocycles. The topological polar surface area (TPSA) is 222 Å². The number of rotatable bonds is 8. The number of hydrogen-bond acceptors (Lipinski definition) is 8. The number of ether oxygens (including phenoxy) is 1. The molecule has 0 saturated carbocycles. The average Bonchev–Trinajstić information content (AvgIpc) is 1.59. The number of fused-ring (bicyclic) bond motifs is 3. The zero-order chi connectivity index (χ0) is 67.6. The molecule has 0 spiro atoms. The van der Waals surface area contributed by atoms with E-state index in [2.05, 4.69) is 123 Å². The zero-order valence-electron chi connectivity index (χ0n) is 54.7. The summed E-state index contributed by atoms with van der Waals surface area (Å²) in [5.41, 5.74) is 25.6. The molecular weight excluding hydrogens is 1240 g/mol. The number of benzene rings is 7. The van der Waals surface area contributed by atoms with E-state index in [1.54, 1.807) is 6.20 Å². The fraction of sp³-hybridized carbons (Fsp3) is 0.193. The number of aromatic nitrogens is 7. The van der Waals surface area contributed by atoms with Gasteiger partial charge in [0, 0.05) is 163 Å². The van der Waals surface area contributed by atoms with Crippen LogP contribution in [0.3, 0.4) is 0 Å². The van der Waals surface area contributed by atoms with Gasteiger partial charge in [0.25, 0.3) is 5.78 Å². The number of allylic oxidation sites excluding steroid dienone is 4. The molecular formula is C83H70N8O8. The number of H-pyrrole nitrogens is 3. The number of para-hydroxylation sites is 7. The first-order valence-electron chi connectivity index (χ1n) is 34.0. The van der Waals surface area contributed by atoms with Crippen LogP contribution < -0.4 is 5.73 Å². The Morgan fingerprint density at radius 1 is 0.414 bits per heavy atom. The van der Waals surface area contributed by atoms with Gasteiger partial charge in [-0.05, 0) is 109 Å². The number of aryl methyl sites for hydroxylation is 8. The number of nitrogens with two attached hydrogens (primary N) is 1. The van der Waals surface area contributed by atoms with E-state index in [0.29, 0.717) is 34.3 Å². The second-order valence-electron chi connectivity index (χ2n) is 26.3.